The molecule has 1 aliphatic rings. The molecule has 0 aliphatic heterocycles. The number of hydrogen-bond donors (Lipinski definition) is 4. The second-order valence-corrected chi connectivity index (χ2v) is 8.28. The summed E-state index contributed by atoms with van der Waals surface area (Å²) in [6.07, 6.45) is 4.00. The third-order valence-electron chi connectivity index (χ3n) is 6.39. The number of fused-ring (bicyclic) bond motifs is 1. The Balaban J connectivity index is 1.30. The molecule has 0 aromatic heterocycles. The van der Waals surface area contributed by atoms with Crippen LogP contribution in [0, 0.1) is 17.2 Å². The summed E-state index contributed by atoms with van der Waals surface area (Å²) in [7, 11) is 0. The lowest BCUT2D eigenvalue weighted by Gasteiger charge is -2.37. The van der Waals surface area contributed by atoms with Gasteiger partial charge in [-0.1, -0.05) is 72.8 Å². The molecular weight excluding hydrogens is 386 g/mol. The minimum Gasteiger partial charge on any atom is -0.394 e. The van der Waals surface area contributed by atoms with E-state index in [-0.39, 0.29) is 18.4 Å². The Morgan fingerprint density at radius 1 is 1.00 bits per heavy atom. The number of rotatable bonds is 7. The van der Waals surface area contributed by atoms with Crippen LogP contribution >= 0.6 is 0 Å². The van der Waals surface area contributed by atoms with E-state index in [4.69, 9.17) is 5.41 Å². The van der Waals surface area contributed by atoms with Gasteiger partial charge in [0.05, 0.1) is 12.6 Å². The summed E-state index contributed by atoms with van der Waals surface area (Å²) < 4.78 is 0. The SMILES string of the molecule is N=C(NC(=O)N[C@H](CO)c1ccccc1)C1CCC1CCc1cccc2ccccc12. The Morgan fingerprint density at radius 3 is 2.48 bits per heavy atom. The van der Waals surface area contributed by atoms with E-state index in [0.29, 0.717) is 5.92 Å². The first kappa shape index (κ1) is 21.1. The molecule has 1 saturated carbocycles. The predicted octanol–water partition coefficient (Wildman–Crippen LogP) is 4.81. The van der Waals surface area contributed by atoms with Gasteiger partial charge in [-0.3, -0.25) is 10.7 Å². The van der Waals surface area contributed by atoms with Gasteiger partial charge in [0.25, 0.3) is 0 Å². The van der Waals surface area contributed by atoms with Crippen LogP contribution in [0.15, 0.2) is 72.8 Å². The Hall–Kier alpha value is -3.18. The molecule has 0 spiro atoms. The van der Waals surface area contributed by atoms with Crippen LogP contribution in [0.4, 0.5) is 4.79 Å². The summed E-state index contributed by atoms with van der Waals surface area (Å²) in [5, 5.41) is 26.0. The fourth-order valence-corrected chi connectivity index (χ4v) is 4.48. The molecule has 1 aliphatic carbocycles. The van der Waals surface area contributed by atoms with Gasteiger partial charge in [-0.25, -0.2) is 4.79 Å². The number of amidine groups is 1. The number of nitrogens with one attached hydrogen (secondary N) is 3. The van der Waals surface area contributed by atoms with Crippen LogP contribution in [0.5, 0.6) is 0 Å². The lowest BCUT2D eigenvalue weighted by atomic mass is 9.70. The molecule has 2 unspecified atom stereocenters. The Morgan fingerprint density at radius 2 is 1.74 bits per heavy atom. The van der Waals surface area contributed by atoms with Crippen molar-refractivity contribution in [3.05, 3.63) is 83.9 Å². The number of hydrogen-bond acceptors (Lipinski definition) is 3. The maximum absolute atomic E-state index is 12.4. The van der Waals surface area contributed by atoms with Crippen LogP contribution in [-0.2, 0) is 6.42 Å². The van der Waals surface area contributed by atoms with E-state index in [9.17, 15) is 9.90 Å². The monoisotopic (exact) mass is 415 g/mol. The minimum atomic E-state index is -0.488. The second-order valence-electron chi connectivity index (χ2n) is 8.28. The average molecular weight is 416 g/mol. The van der Waals surface area contributed by atoms with E-state index in [2.05, 4.69) is 53.1 Å². The summed E-state index contributed by atoms with van der Waals surface area (Å²) >= 11 is 0. The Bertz CT molecular complexity index is 1050. The van der Waals surface area contributed by atoms with Gasteiger partial charge in [0.2, 0.25) is 0 Å². The summed E-state index contributed by atoms with van der Waals surface area (Å²) in [6, 6.07) is 23.3. The number of carbonyl (C=O) groups excluding carboxylic acids is 1. The molecule has 0 heterocycles. The van der Waals surface area contributed by atoms with Crippen molar-refractivity contribution in [2.45, 2.75) is 31.7 Å². The third kappa shape index (κ3) is 4.94. The number of aryl methyl sites for hydroxylation is 1. The van der Waals surface area contributed by atoms with Crippen molar-refractivity contribution in [1.29, 1.82) is 5.41 Å². The third-order valence-corrected chi connectivity index (χ3v) is 6.39. The van der Waals surface area contributed by atoms with E-state index < -0.39 is 12.1 Å². The number of aliphatic hydroxyl groups excluding tert-OH is 1. The molecule has 3 aromatic rings. The van der Waals surface area contributed by atoms with Crippen molar-refractivity contribution >= 4 is 22.6 Å². The molecule has 3 aromatic carbocycles. The topological polar surface area (TPSA) is 85.2 Å². The van der Waals surface area contributed by atoms with Gasteiger partial charge < -0.3 is 10.4 Å². The van der Waals surface area contributed by atoms with Crippen molar-refractivity contribution in [2.24, 2.45) is 11.8 Å². The largest absolute Gasteiger partial charge is 0.394 e. The molecule has 31 heavy (non-hydrogen) atoms. The van der Waals surface area contributed by atoms with E-state index in [1.165, 1.54) is 16.3 Å². The molecule has 3 atom stereocenters. The molecule has 4 N–H and O–H groups in total. The number of aliphatic hydroxyl groups is 1. The lowest BCUT2D eigenvalue weighted by molar-refractivity contribution is 0.212. The van der Waals surface area contributed by atoms with Crippen molar-refractivity contribution in [2.75, 3.05) is 6.61 Å². The average Bonchev–Trinajstić information content (AvgIpc) is 2.77. The maximum atomic E-state index is 12.4. The molecule has 5 nitrogen and oxygen atoms in total. The molecule has 0 saturated heterocycles. The van der Waals surface area contributed by atoms with E-state index >= 15 is 0 Å². The zero-order chi connectivity index (χ0) is 21.6. The minimum absolute atomic E-state index is 0.0880. The fourth-order valence-electron chi connectivity index (χ4n) is 4.48. The van der Waals surface area contributed by atoms with Crippen molar-refractivity contribution in [1.82, 2.24) is 10.6 Å². The van der Waals surface area contributed by atoms with Gasteiger partial charge in [0, 0.05) is 5.92 Å². The summed E-state index contributed by atoms with van der Waals surface area (Å²) in [5.41, 5.74) is 2.18. The molecule has 5 heteroatoms. The normalized spacial score (nSPS) is 18.7. The molecule has 0 radical (unpaired) electrons. The van der Waals surface area contributed by atoms with E-state index in [0.717, 1.165) is 31.2 Å². The number of carbonyl (C=O) groups is 1. The number of urea groups is 1. The van der Waals surface area contributed by atoms with Gasteiger partial charge in [-0.2, -0.15) is 0 Å². The van der Waals surface area contributed by atoms with Crippen molar-refractivity contribution < 1.29 is 9.90 Å². The number of amides is 2. The standard InChI is InChI=1S/C26H29N3O2/c27-25(29-26(31)28-24(17-30)21-8-2-1-3-9-21)23-16-15-20(23)14-13-19-11-6-10-18-7-4-5-12-22(18)19/h1-12,20,23-24,30H,13-17H2,(H3,27,28,29,31)/t20?,23?,24-/m1/s1. The van der Waals surface area contributed by atoms with Gasteiger partial charge >= 0.3 is 6.03 Å². The molecule has 1 fully saturated rings. The van der Waals surface area contributed by atoms with E-state index in [1.54, 1.807) is 0 Å². The summed E-state index contributed by atoms with van der Waals surface area (Å²) in [5.74, 6) is 0.774. The van der Waals surface area contributed by atoms with Gasteiger partial charge in [-0.15, -0.1) is 0 Å². The Kier molecular flexibility index (Phi) is 6.63. The van der Waals surface area contributed by atoms with Crippen LogP contribution in [0.25, 0.3) is 10.8 Å². The van der Waals surface area contributed by atoms with Gasteiger partial charge in [0.1, 0.15) is 5.84 Å². The molecule has 160 valence electrons. The van der Waals surface area contributed by atoms with Gasteiger partial charge in [-0.05, 0) is 53.5 Å². The molecule has 2 amide bonds. The molecule has 4 rings (SSSR count). The molecular formula is C26H29N3O2. The molecule has 0 bridgehead atoms. The Labute approximate surface area is 183 Å². The predicted molar refractivity (Wildman–Crippen MR) is 124 cm³/mol. The van der Waals surface area contributed by atoms with Crippen LogP contribution in [0.1, 0.15) is 36.4 Å². The highest BCUT2D eigenvalue weighted by Crippen LogP contribution is 2.38. The van der Waals surface area contributed by atoms with Gasteiger partial charge in [0.15, 0.2) is 0 Å². The van der Waals surface area contributed by atoms with Crippen molar-refractivity contribution in [3.8, 4) is 0 Å². The first-order valence-electron chi connectivity index (χ1n) is 10.9. The van der Waals surface area contributed by atoms with Crippen LogP contribution < -0.4 is 10.6 Å². The zero-order valence-electron chi connectivity index (χ0n) is 17.6. The van der Waals surface area contributed by atoms with E-state index in [1.807, 2.05) is 30.3 Å². The lowest BCUT2D eigenvalue weighted by Crippen LogP contribution is -2.47. The fraction of sp³-hybridized carbons (Fsp3) is 0.308. The highest BCUT2D eigenvalue weighted by atomic mass is 16.3. The smallest absolute Gasteiger partial charge is 0.320 e. The highest BCUT2D eigenvalue weighted by Gasteiger charge is 2.34. The van der Waals surface area contributed by atoms with Crippen LogP contribution in [-0.4, -0.2) is 23.6 Å². The number of benzene rings is 3. The second kappa shape index (κ2) is 9.75. The maximum Gasteiger partial charge on any atom is 0.320 e. The quantitative estimate of drug-likeness (QED) is 0.330. The zero-order valence-corrected chi connectivity index (χ0v) is 17.6. The summed E-state index contributed by atoms with van der Waals surface area (Å²) in [4.78, 5) is 12.4. The first-order valence-corrected chi connectivity index (χ1v) is 10.9. The highest BCUT2D eigenvalue weighted by molar-refractivity contribution is 5.97. The van der Waals surface area contributed by atoms with Crippen molar-refractivity contribution in [3.63, 3.8) is 0 Å². The summed E-state index contributed by atoms with van der Waals surface area (Å²) in [6.45, 7) is -0.193. The first-order chi connectivity index (χ1) is 15.2. The van der Waals surface area contributed by atoms with Crippen LogP contribution in [0.3, 0.4) is 0 Å². The van der Waals surface area contributed by atoms with Crippen LogP contribution in [0.2, 0.25) is 0 Å².